The number of ether oxygens (including phenoxy) is 1. The molecule has 1 aromatic carbocycles. The zero-order valence-corrected chi connectivity index (χ0v) is 11.5. The highest BCUT2D eigenvalue weighted by Gasteiger charge is 2.17. The van der Waals surface area contributed by atoms with Crippen LogP contribution in [-0.4, -0.2) is 32.0 Å². The molecule has 0 saturated heterocycles. The zero-order valence-electron chi connectivity index (χ0n) is 10.7. The van der Waals surface area contributed by atoms with E-state index < -0.39 is 26.9 Å². The number of anilines is 1. The summed E-state index contributed by atoms with van der Waals surface area (Å²) >= 11 is 0. The minimum atomic E-state index is -3.25. The maximum Gasteiger partial charge on any atom is 0.338 e. The van der Waals surface area contributed by atoms with Crippen LogP contribution in [0, 0.1) is 5.82 Å². The molecule has 2 N–H and O–H groups in total. The van der Waals surface area contributed by atoms with Gasteiger partial charge in [0.1, 0.15) is 12.4 Å². The molecular weight excluding hydrogens is 273 g/mol. The van der Waals surface area contributed by atoms with E-state index >= 15 is 0 Å². The lowest BCUT2D eigenvalue weighted by Crippen LogP contribution is -2.22. The molecule has 0 aliphatic rings. The molecule has 0 amide bonds. The average Bonchev–Trinajstić information content (AvgIpc) is 2.32. The smallest absolute Gasteiger partial charge is 0.338 e. The Morgan fingerprint density at radius 2 is 2.05 bits per heavy atom. The molecule has 0 radical (unpaired) electrons. The Labute approximate surface area is 111 Å². The highest BCUT2D eigenvalue weighted by molar-refractivity contribution is 7.91. The van der Waals surface area contributed by atoms with Crippen LogP contribution in [0.3, 0.4) is 0 Å². The molecule has 0 aromatic heterocycles. The molecule has 0 heterocycles. The fourth-order valence-electron chi connectivity index (χ4n) is 1.24. The summed E-state index contributed by atoms with van der Waals surface area (Å²) < 4.78 is 40.7. The van der Waals surface area contributed by atoms with E-state index in [9.17, 15) is 17.6 Å². The normalized spacial score (nSPS) is 11.6. The summed E-state index contributed by atoms with van der Waals surface area (Å²) in [6.07, 6.45) is 0. The van der Waals surface area contributed by atoms with Gasteiger partial charge in [0.15, 0.2) is 9.84 Å². The van der Waals surface area contributed by atoms with Gasteiger partial charge in [0.25, 0.3) is 0 Å². The van der Waals surface area contributed by atoms with Gasteiger partial charge >= 0.3 is 5.97 Å². The van der Waals surface area contributed by atoms with Gasteiger partial charge in [-0.3, -0.25) is 0 Å². The fraction of sp³-hybridized carbons (Fsp3) is 0.417. The average molecular weight is 289 g/mol. The number of rotatable bonds is 5. The van der Waals surface area contributed by atoms with Crippen LogP contribution in [0.2, 0.25) is 0 Å². The van der Waals surface area contributed by atoms with E-state index in [0.717, 1.165) is 12.1 Å². The predicted octanol–water partition coefficient (Wildman–Crippen LogP) is 1.39. The standard InChI is InChI=1S/C12H16FNO4S/c1-8(2)19(16,17)6-5-18-12(15)9-3-4-10(13)11(14)7-9/h3-4,7-8H,5-6,14H2,1-2H3. The van der Waals surface area contributed by atoms with Crippen molar-refractivity contribution >= 4 is 21.5 Å². The first-order valence-electron chi connectivity index (χ1n) is 5.68. The topological polar surface area (TPSA) is 86.5 Å². The molecule has 0 atom stereocenters. The van der Waals surface area contributed by atoms with Crippen LogP contribution in [0.4, 0.5) is 10.1 Å². The van der Waals surface area contributed by atoms with Gasteiger partial charge < -0.3 is 10.5 Å². The summed E-state index contributed by atoms with van der Waals surface area (Å²) in [4.78, 5) is 11.6. The van der Waals surface area contributed by atoms with Crippen molar-refractivity contribution in [2.45, 2.75) is 19.1 Å². The largest absolute Gasteiger partial charge is 0.461 e. The quantitative estimate of drug-likeness (QED) is 0.654. The second-order valence-corrected chi connectivity index (χ2v) is 6.96. The Hall–Kier alpha value is -1.63. The maximum atomic E-state index is 12.9. The van der Waals surface area contributed by atoms with Crippen molar-refractivity contribution in [3.63, 3.8) is 0 Å². The molecule has 5 nitrogen and oxygen atoms in total. The van der Waals surface area contributed by atoms with Crippen LogP contribution in [0.5, 0.6) is 0 Å². The SMILES string of the molecule is CC(C)S(=O)(=O)CCOC(=O)c1ccc(F)c(N)c1. The van der Waals surface area contributed by atoms with Gasteiger partial charge in [0.05, 0.1) is 22.3 Å². The number of hydrogen-bond donors (Lipinski definition) is 1. The molecule has 0 fully saturated rings. The summed E-state index contributed by atoms with van der Waals surface area (Å²) in [5.41, 5.74) is 5.24. The number of nitrogens with two attached hydrogens (primary N) is 1. The van der Waals surface area contributed by atoms with E-state index in [1.165, 1.54) is 6.07 Å². The molecule has 0 aliphatic carbocycles. The van der Waals surface area contributed by atoms with Crippen LogP contribution in [0.1, 0.15) is 24.2 Å². The summed E-state index contributed by atoms with van der Waals surface area (Å²) in [5, 5.41) is -0.521. The van der Waals surface area contributed by atoms with Gasteiger partial charge in [0.2, 0.25) is 0 Å². The third-order valence-electron chi connectivity index (χ3n) is 2.55. The molecule has 0 aliphatic heterocycles. The van der Waals surface area contributed by atoms with Crippen molar-refractivity contribution < 1.29 is 22.3 Å². The molecule has 0 unspecified atom stereocenters. The highest BCUT2D eigenvalue weighted by atomic mass is 32.2. The molecule has 106 valence electrons. The minimum Gasteiger partial charge on any atom is -0.461 e. The van der Waals surface area contributed by atoms with E-state index in [4.69, 9.17) is 10.5 Å². The van der Waals surface area contributed by atoms with Gasteiger partial charge in [-0.1, -0.05) is 0 Å². The van der Waals surface area contributed by atoms with E-state index in [1.54, 1.807) is 13.8 Å². The molecule has 0 saturated carbocycles. The number of benzene rings is 1. The van der Waals surface area contributed by atoms with Crippen molar-refractivity contribution in [1.82, 2.24) is 0 Å². The molecule has 0 spiro atoms. The van der Waals surface area contributed by atoms with Crippen molar-refractivity contribution in [2.24, 2.45) is 0 Å². The Balaban J connectivity index is 2.59. The zero-order chi connectivity index (χ0) is 14.6. The Morgan fingerprint density at radius 3 is 2.58 bits per heavy atom. The summed E-state index contributed by atoms with van der Waals surface area (Å²) in [7, 11) is -3.25. The summed E-state index contributed by atoms with van der Waals surface area (Å²) in [6, 6.07) is 3.43. The maximum absolute atomic E-state index is 12.9. The molecule has 7 heteroatoms. The number of nitrogen functional groups attached to an aromatic ring is 1. The summed E-state index contributed by atoms with van der Waals surface area (Å²) in [6.45, 7) is 2.87. The van der Waals surface area contributed by atoms with E-state index in [1.807, 2.05) is 0 Å². The second-order valence-electron chi connectivity index (χ2n) is 4.29. The van der Waals surface area contributed by atoms with Crippen molar-refractivity contribution in [1.29, 1.82) is 0 Å². The van der Waals surface area contributed by atoms with E-state index in [0.29, 0.717) is 0 Å². The molecule has 1 aromatic rings. The minimum absolute atomic E-state index is 0.0841. The number of esters is 1. The van der Waals surface area contributed by atoms with Crippen molar-refractivity contribution in [3.05, 3.63) is 29.6 Å². The first-order valence-corrected chi connectivity index (χ1v) is 7.39. The second kappa shape index (κ2) is 6.01. The number of hydrogen-bond acceptors (Lipinski definition) is 5. The lowest BCUT2D eigenvalue weighted by atomic mass is 10.2. The Kier molecular flexibility index (Phi) is 4.88. The highest BCUT2D eigenvalue weighted by Crippen LogP contribution is 2.13. The molecule has 1 rings (SSSR count). The number of sulfone groups is 1. The van der Waals surface area contributed by atoms with Gasteiger partial charge in [-0.05, 0) is 32.0 Å². The van der Waals surface area contributed by atoms with Crippen LogP contribution in [0.15, 0.2) is 18.2 Å². The van der Waals surface area contributed by atoms with Gasteiger partial charge in [-0.2, -0.15) is 0 Å². The van der Waals surface area contributed by atoms with Crippen molar-refractivity contribution in [2.75, 3.05) is 18.1 Å². The van der Waals surface area contributed by atoms with Crippen LogP contribution in [0.25, 0.3) is 0 Å². The van der Waals surface area contributed by atoms with Gasteiger partial charge in [-0.15, -0.1) is 0 Å². The monoisotopic (exact) mass is 289 g/mol. The van der Waals surface area contributed by atoms with Crippen LogP contribution in [-0.2, 0) is 14.6 Å². The number of carbonyl (C=O) groups is 1. The lowest BCUT2D eigenvalue weighted by Gasteiger charge is -2.08. The van der Waals surface area contributed by atoms with Crippen LogP contribution < -0.4 is 5.73 Å². The first-order chi connectivity index (χ1) is 8.74. The van der Waals surface area contributed by atoms with E-state index in [-0.39, 0.29) is 23.6 Å². The summed E-state index contributed by atoms with van der Waals surface area (Å²) in [5.74, 6) is -1.60. The predicted molar refractivity (Wildman–Crippen MR) is 70.0 cm³/mol. The van der Waals surface area contributed by atoms with Crippen LogP contribution >= 0.6 is 0 Å². The third-order valence-corrected chi connectivity index (χ3v) is 4.72. The van der Waals surface area contributed by atoms with Crippen molar-refractivity contribution in [3.8, 4) is 0 Å². The third kappa shape index (κ3) is 4.20. The lowest BCUT2D eigenvalue weighted by molar-refractivity contribution is 0.0529. The Bertz CT molecular complexity index is 569. The van der Waals surface area contributed by atoms with E-state index in [2.05, 4.69) is 0 Å². The molecular formula is C12H16FNO4S. The number of carbonyl (C=O) groups excluding carboxylic acids is 1. The Morgan fingerprint density at radius 1 is 1.42 bits per heavy atom. The molecule has 19 heavy (non-hydrogen) atoms. The molecule has 0 bridgehead atoms. The fourth-order valence-corrected chi connectivity index (χ4v) is 2.03. The van der Waals surface area contributed by atoms with Gasteiger partial charge in [0, 0.05) is 0 Å². The number of halogens is 1. The first kappa shape index (κ1) is 15.4. The van der Waals surface area contributed by atoms with Gasteiger partial charge in [-0.25, -0.2) is 17.6 Å².